The second-order valence-corrected chi connectivity index (χ2v) is 10.2. The highest BCUT2D eigenvalue weighted by molar-refractivity contribution is 5.88. The van der Waals surface area contributed by atoms with Crippen LogP contribution in [0.25, 0.3) is 0 Å². The van der Waals surface area contributed by atoms with Gasteiger partial charge in [0.25, 0.3) is 0 Å². The molecule has 3 rings (SSSR count). The Bertz CT molecular complexity index is 1110. The fraction of sp³-hybridized carbons (Fsp3) is 0.355. The SMILES string of the molecule is Cc1ccccc1CN(C(=O)CCCOc1ccccc1)[C@H](Cc1ccccc1)C(=O)NC(C)(C)C. The Balaban J connectivity index is 1.83. The minimum absolute atomic E-state index is 0.0556. The van der Waals surface area contributed by atoms with Crippen LogP contribution in [0.1, 0.15) is 50.3 Å². The Kier molecular flexibility index (Phi) is 9.69. The maximum atomic E-state index is 13.7. The molecule has 0 aromatic heterocycles. The molecular weight excluding hydrogens is 448 g/mol. The highest BCUT2D eigenvalue weighted by Crippen LogP contribution is 2.19. The Labute approximate surface area is 215 Å². The topological polar surface area (TPSA) is 58.6 Å². The monoisotopic (exact) mass is 486 g/mol. The average molecular weight is 487 g/mol. The standard InChI is InChI=1S/C31H38N2O3/c1-24-14-11-12-17-26(24)23-33(29(34)20-13-21-36-27-18-9-6-10-19-27)28(30(35)32-31(2,3)4)22-25-15-7-5-8-16-25/h5-12,14-19,28H,13,20-23H2,1-4H3,(H,32,35)/t28-/m1/s1. The van der Waals surface area contributed by atoms with Crippen LogP contribution < -0.4 is 10.1 Å². The lowest BCUT2D eigenvalue weighted by Gasteiger charge is -2.34. The molecular formula is C31H38N2O3. The van der Waals surface area contributed by atoms with E-state index in [4.69, 9.17) is 4.74 Å². The summed E-state index contributed by atoms with van der Waals surface area (Å²) < 4.78 is 5.79. The number of nitrogens with one attached hydrogen (secondary N) is 1. The predicted molar refractivity (Wildman–Crippen MR) is 145 cm³/mol. The molecule has 0 saturated carbocycles. The molecule has 190 valence electrons. The van der Waals surface area contributed by atoms with E-state index < -0.39 is 11.6 Å². The average Bonchev–Trinajstić information content (AvgIpc) is 2.85. The molecule has 3 aromatic carbocycles. The van der Waals surface area contributed by atoms with Crippen molar-refractivity contribution in [3.05, 3.63) is 102 Å². The van der Waals surface area contributed by atoms with E-state index in [-0.39, 0.29) is 11.8 Å². The minimum atomic E-state index is -0.631. The second-order valence-electron chi connectivity index (χ2n) is 10.2. The van der Waals surface area contributed by atoms with Gasteiger partial charge in [-0.15, -0.1) is 0 Å². The molecule has 0 heterocycles. The lowest BCUT2D eigenvalue weighted by Crippen LogP contribution is -2.54. The molecule has 1 N–H and O–H groups in total. The lowest BCUT2D eigenvalue weighted by molar-refractivity contribution is -0.142. The van der Waals surface area contributed by atoms with Gasteiger partial charge in [-0.05, 0) is 62.9 Å². The number of ether oxygens (including phenoxy) is 1. The molecule has 0 fully saturated rings. The van der Waals surface area contributed by atoms with Crippen LogP contribution in [0.15, 0.2) is 84.9 Å². The van der Waals surface area contributed by atoms with Gasteiger partial charge in [-0.3, -0.25) is 9.59 Å². The zero-order valence-electron chi connectivity index (χ0n) is 21.9. The summed E-state index contributed by atoms with van der Waals surface area (Å²) in [6.45, 7) is 8.72. The van der Waals surface area contributed by atoms with Crippen molar-refractivity contribution in [2.45, 2.75) is 65.1 Å². The molecule has 5 heteroatoms. The predicted octanol–water partition coefficient (Wildman–Crippen LogP) is 5.71. The number of nitrogens with zero attached hydrogens (tertiary/aromatic N) is 1. The van der Waals surface area contributed by atoms with Crippen LogP contribution in [0.4, 0.5) is 0 Å². The van der Waals surface area contributed by atoms with Crippen molar-refractivity contribution in [2.75, 3.05) is 6.61 Å². The van der Waals surface area contributed by atoms with Gasteiger partial charge >= 0.3 is 0 Å². The molecule has 36 heavy (non-hydrogen) atoms. The third-order valence-electron chi connectivity index (χ3n) is 5.92. The summed E-state index contributed by atoms with van der Waals surface area (Å²) in [5.74, 6) is 0.585. The molecule has 2 amide bonds. The first kappa shape index (κ1) is 27.0. The maximum absolute atomic E-state index is 13.7. The molecule has 5 nitrogen and oxygen atoms in total. The van der Waals surface area contributed by atoms with Crippen LogP contribution in [0.3, 0.4) is 0 Å². The molecule has 1 atom stereocenters. The van der Waals surface area contributed by atoms with Crippen molar-refractivity contribution in [1.82, 2.24) is 10.2 Å². The van der Waals surface area contributed by atoms with E-state index >= 15 is 0 Å². The number of benzene rings is 3. The lowest BCUT2D eigenvalue weighted by atomic mass is 9.99. The van der Waals surface area contributed by atoms with Gasteiger partial charge < -0.3 is 15.0 Å². The number of hydrogen-bond donors (Lipinski definition) is 1. The highest BCUT2D eigenvalue weighted by atomic mass is 16.5. The van der Waals surface area contributed by atoms with Gasteiger partial charge in [-0.2, -0.15) is 0 Å². The van der Waals surface area contributed by atoms with Crippen LogP contribution in [0.5, 0.6) is 5.75 Å². The van der Waals surface area contributed by atoms with Crippen molar-refractivity contribution in [1.29, 1.82) is 0 Å². The van der Waals surface area contributed by atoms with Gasteiger partial charge in [-0.1, -0.05) is 72.8 Å². The number of hydrogen-bond acceptors (Lipinski definition) is 3. The van der Waals surface area contributed by atoms with Crippen molar-refractivity contribution >= 4 is 11.8 Å². The Morgan fingerprint density at radius 3 is 2.14 bits per heavy atom. The summed E-state index contributed by atoms with van der Waals surface area (Å²) in [7, 11) is 0. The molecule has 0 aliphatic rings. The van der Waals surface area contributed by atoms with Gasteiger partial charge in [0, 0.05) is 24.9 Å². The van der Waals surface area contributed by atoms with E-state index in [2.05, 4.69) is 5.32 Å². The van der Waals surface area contributed by atoms with Crippen molar-refractivity contribution in [3.8, 4) is 5.75 Å². The molecule has 0 aliphatic carbocycles. The smallest absolute Gasteiger partial charge is 0.243 e. The summed E-state index contributed by atoms with van der Waals surface area (Å²) in [5.41, 5.74) is 2.74. The fourth-order valence-electron chi connectivity index (χ4n) is 4.05. The first-order chi connectivity index (χ1) is 17.2. The number of carbonyl (C=O) groups excluding carboxylic acids is 2. The summed E-state index contributed by atoms with van der Waals surface area (Å²) in [6, 6.07) is 26.9. The second kappa shape index (κ2) is 12.9. The van der Waals surface area contributed by atoms with E-state index in [1.54, 1.807) is 4.90 Å². The van der Waals surface area contributed by atoms with Crippen molar-refractivity contribution < 1.29 is 14.3 Å². The first-order valence-corrected chi connectivity index (χ1v) is 12.6. The Morgan fingerprint density at radius 2 is 1.50 bits per heavy atom. The van der Waals surface area contributed by atoms with Crippen LogP contribution in [-0.4, -0.2) is 34.9 Å². The van der Waals surface area contributed by atoms with Crippen molar-refractivity contribution in [2.24, 2.45) is 0 Å². The summed E-state index contributed by atoms with van der Waals surface area (Å²) in [6.07, 6.45) is 1.31. The van der Waals surface area contributed by atoms with E-state index in [0.29, 0.717) is 32.4 Å². The number of para-hydroxylation sites is 1. The van der Waals surface area contributed by atoms with Gasteiger partial charge in [0.05, 0.1) is 6.61 Å². The van der Waals surface area contributed by atoms with Gasteiger partial charge in [0.1, 0.15) is 11.8 Å². The van der Waals surface area contributed by atoms with Crippen LogP contribution in [0.2, 0.25) is 0 Å². The Morgan fingerprint density at radius 1 is 0.889 bits per heavy atom. The number of rotatable bonds is 11. The van der Waals surface area contributed by atoms with Gasteiger partial charge in [0.15, 0.2) is 0 Å². The molecule has 0 spiro atoms. The highest BCUT2D eigenvalue weighted by Gasteiger charge is 2.32. The summed E-state index contributed by atoms with van der Waals surface area (Å²) in [5, 5.41) is 3.11. The molecule has 0 radical (unpaired) electrons. The third-order valence-corrected chi connectivity index (χ3v) is 5.92. The minimum Gasteiger partial charge on any atom is -0.494 e. The number of amides is 2. The first-order valence-electron chi connectivity index (χ1n) is 12.6. The zero-order chi connectivity index (χ0) is 26.0. The van der Waals surface area contributed by atoms with E-state index in [1.807, 2.05) is 113 Å². The zero-order valence-corrected chi connectivity index (χ0v) is 21.9. The fourth-order valence-corrected chi connectivity index (χ4v) is 4.05. The normalized spacial score (nSPS) is 12.0. The quantitative estimate of drug-likeness (QED) is 0.353. The van der Waals surface area contributed by atoms with Crippen LogP contribution in [0, 0.1) is 6.92 Å². The van der Waals surface area contributed by atoms with Crippen molar-refractivity contribution in [3.63, 3.8) is 0 Å². The maximum Gasteiger partial charge on any atom is 0.243 e. The number of aryl methyl sites for hydroxylation is 1. The molecule has 0 aliphatic heterocycles. The molecule has 0 bridgehead atoms. The molecule has 0 saturated heterocycles. The number of carbonyl (C=O) groups is 2. The van der Waals surface area contributed by atoms with Gasteiger partial charge in [0.2, 0.25) is 11.8 Å². The molecule has 3 aromatic rings. The largest absolute Gasteiger partial charge is 0.494 e. The summed E-state index contributed by atoms with van der Waals surface area (Å²) >= 11 is 0. The van der Waals surface area contributed by atoms with Gasteiger partial charge in [-0.25, -0.2) is 0 Å². The van der Waals surface area contributed by atoms with E-state index in [0.717, 1.165) is 22.4 Å². The molecule has 0 unspecified atom stereocenters. The third kappa shape index (κ3) is 8.56. The van der Waals surface area contributed by atoms with E-state index in [1.165, 1.54) is 0 Å². The van der Waals surface area contributed by atoms with E-state index in [9.17, 15) is 9.59 Å². The van der Waals surface area contributed by atoms with Crippen LogP contribution in [-0.2, 0) is 22.6 Å². The van der Waals surface area contributed by atoms with Crippen LogP contribution >= 0.6 is 0 Å². The summed E-state index contributed by atoms with van der Waals surface area (Å²) in [4.78, 5) is 29.0. The Hall–Kier alpha value is -3.60.